The summed E-state index contributed by atoms with van der Waals surface area (Å²) < 4.78 is 43.7. The zero-order chi connectivity index (χ0) is 18.4. The van der Waals surface area contributed by atoms with Crippen LogP contribution in [0.4, 0.5) is 13.2 Å². The number of quaternary nitrogens is 2. The van der Waals surface area contributed by atoms with Gasteiger partial charge in [-0.1, -0.05) is 36.4 Å². The van der Waals surface area contributed by atoms with Gasteiger partial charge in [-0.15, -0.1) is 0 Å². The van der Waals surface area contributed by atoms with Gasteiger partial charge in [0.25, 0.3) is 0 Å². The predicted molar refractivity (Wildman–Crippen MR) is 93.3 cm³/mol. The van der Waals surface area contributed by atoms with Gasteiger partial charge < -0.3 is 14.5 Å². The molecule has 0 spiro atoms. The molecule has 1 aliphatic heterocycles. The fraction of sp³-hybridized carbons (Fsp3) is 0.400. The van der Waals surface area contributed by atoms with Crippen molar-refractivity contribution in [2.24, 2.45) is 0 Å². The summed E-state index contributed by atoms with van der Waals surface area (Å²) in [5, 5.41) is 0. The Morgan fingerprint density at radius 3 is 2.23 bits per heavy atom. The maximum Gasteiger partial charge on any atom is 0.416 e. The van der Waals surface area contributed by atoms with E-state index < -0.39 is 11.7 Å². The Morgan fingerprint density at radius 2 is 1.54 bits per heavy atom. The van der Waals surface area contributed by atoms with Crippen molar-refractivity contribution in [1.29, 1.82) is 0 Å². The number of benzene rings is 2. The summed E-state index contributed by atoms with van der Waals surface area (Å²) in [5.41, 5.74) is 0.694. The minimum Gasteiger partial charge on any atom is -0.488 e. The van der Waals surface area contributed by atoms with Crippen LogP contribution in [0, 0.1) is 0 Å². The normalized spacial score (nSPS) is 20.7. The Kier molecular flexibility index (Phi) is 6.16. The minimum atomic E-state index is -4.33. The highest BCUT2D eigenvalue weighted by molar-refractivity contribution is 5.30. The van der Waals surface area contributed by atoms with Crippen LogP contribution < -0.4 is 14.5 Å². The van der Waals surface area contributed by atoms with Crippen molar-refractivity contribution >= 4 is 0 Å². The quantitative estimate of drug-likeness (QED) is 0.783. The molecule has 0 aliphatic carbocycles. The Labute approximate surface area is 152 Å². The van der Waals surface area contributed by atoms with E-state index in [2.05, 4.69) is 24.3 Å². The molecule has 2 N–H and O–H groups in total. The van der Waals surface area contributed by atoms with Crippen molar-refractivity contribution in [1.82, 2.24) is 0 Å². The van der Waals surface area contributed by atoms with Crippen molar-refractivity contribution in [3.05, 3.63) is 65.7 Å². The largest absolute Gasteiger partial charge is 0.488 e. The molecule has 1 aliphatic rings. The van der Waals surface area contributed by atoms with E-state index in [-0.39, 0.29) is 5.75 Å². The Hall–Kier alpha value is -2.05. The van der Waals surface area contributed by atoms with Crippen LogP contribution in [0.15, 0.2) is 54.6 Å². The topological polar surface area (TPSA) is 18.1 Å². The number of ether oxygens (including phenoxy) is 1. The maximum absolute atomic E-state index is 12.7. The summed E-state index contributed by atoms with van der Waals surface area (Å²) in [6.45, 7) is 6.64. The standard InChI is InChI=1S/C20H23F3N2O/c21-20(22,23)18-7-4-8-19(15-18)26-14-13-24-9-11-25(12-10-24)16-17-5-2-1-3-6-17/h1-8,15H,9-14,16H2/p+2. The molecule has 26 heavy (non-hydrogen) atoms. The van der Waals surface area contributed by atoms with Crippen molar-refractivity contribution in [3.63, 3.8) is 0 Å². The van der Waals surface area contributed by atoms with E-state index in [0.717, 1.165) is 51.4 Å². The molecular formula is C20H25F3N2O+2. The summed E-state index contributed by atoms with van der Waals surface area (Å²) in [4.78, 5) is 3.03. The van der Waals surface area contributed by atoms with Gasteiger partial charge in [0.2, 0.25) is 0 Å². The first kappa shape index (κ1) is 18.7. The molecule has 0 unspecified atom stereocenters. The number of halogens is 3. The molecule has 0 radical (unpaired) electrons. The van der Waals surface area contributed by atoms with Crippen LogP contribution in [0.1, 0.15) is 11.1 Å². The molecule has 2 aromatic rings. The number of hydrogen-bond acceptors (Lipinski definition) is 1. The predicted octanol–water partition coefficient (Wildman–Crippen LogP) is 1.07. The van der Waals surface area contributed by atoms with E-state index in [9.17, 15) is 13.2 Å². The van der Waals surface area contributed by atoms with E-state index in [1.54, 1.807) is 11.0 Å². The molecule has 6 heteroatoms. The summed E-state index contributed by atoms with van der Waals surface area (Å²) in [7, 11) is 0. The fourth-order valence-electron chi connectivity index (χ4n) is 3.34. The summed E-state index contributed by atoms with van der Waals surface area (Å²) in [6, 6.07) is 15.6. The van der Waals surface area contributed by atoms with Gasteiger partial charge >= 0.3 is 6.18 Å². The van der Waals surface area contributed by atoms with Gasteiger partial charge in [0.1, 0.15) is 51.6 Å². The molecule has 1 heterocycles. The average molecular weight is 366 g/mol. The second-order valence-corrected chi connectivity index (χ2v) is 6.79. The van der Waals surface area contributed by atoms with E-state index in [1.807, 2.05) is 6.07 Å². The molecule has 1 saturated heterocycles. The van der Waals surface area contributed by atoms with Crippen LogP contribution in [0.5, 0.6) is 5.75 Å². The minimum absolute atomic E-state index is 0.285. The van der Waals surface area contributed by atoms with Crippen LogP contribution in [-0.2, 0) is 12.7 Å². The van der Waals surface area contributed by atoms with Crippen molar-refractivity contribution < 1.29 is 27.7 Å². The summed E-state index contributed by atoms with van der Waals surface area (Å²) in [5.74, 6) is 0.285. The van der Waals surface area contributed by atoms with Crippen LogP contribution in [-0.4, -0.2) is 39.3 Å². The highest BCUT2D eigenvalue weighted by atomic mass is 19.4. The van der Waals surface area contributed by atoms with Crippen LogP contribution in [0.3, 0.4) is 0 Å². The zero-order valence-corrected chi connectivity index (χ0v) is 14.7. The van der Waals surface area contributed by atoms with Crippen LogP contribution >= 0.6 is 0 Å². The number of alkyl halides is 3. The maximum atomic E-state index is 12.7. The third kappa shape index (κ3) is 5.47. The second-order valence-electron chi connectivity index (χ2n) is 6.79. The number of rotatable bonds is 6. The lowest BCUT2D eigenvalue weighted by atomic mass is 10.2. The molecule has 3 rings (SSSR count). The molecule has 2 aromatic carbocycles. The Balaban J connectivity index is 1.39. The third-order valence-electron chi connectivity index (χ3n) is 4.85. The Morgan fingerprint density at radius 1 is 0.846 bits per heavy atom. The highest BCUT2D eigenvalue weighted by Gasteiger charge is 2.30. The van der Waals surface area contributed by atoms with E-state index in [0.29, 0.717) is 6.61 Å². The first-order valence-electron chi connectivity index (χ1n) is 9.02. The van der Waals surface area contributed by atoms with Gasteiger partial charge in [0.05, 0.1) is 5.56 Å². The molecule has 140 valence electrons. The first-order valence-corrected chi connectivity index (χ1v) is 9.02. The van der Waals surface area contributed by atoms with Gasteiger partial charge in [-0.3, -0.25) is 0 Å². The summed E-state index contributed by atoms with van der Waals surface area (Å²) >= 11 is 0. The fourth-order valence-corrected chi connectivity index (χ4v) is 3.34. The second kappa shape index (κ2) is 8.56. The molecule has 1 fully saturated rings. The molecule has 0 amide bonds. The van der Waals surface area contributed by atoms with Crippen molar-refractivity contribution in [2.75, 3.05) is 39.3 Å². The first-order chi connectivity index (χ1) is 12.5. The zero-order valence-electron chi connectivity index (χ0n) is 14.7. The third-order valence-corrected chi connectivity index (χ3v) is 4.85. The monoisotopic (exact) mass is 366 g/mol. The van der Waals surface area contributed by atoms with Crippen molar-refractivity contribution in [2.45, 2.75) is 12.7 Å². The van der Waals surface area contributed by atoms with Gasteiger partial charge in [-0.25, -0.2) is 0 Å². The SMILES string of the molecule is FC(F)(F)c1cccc(OCC[NH+]2CC[NH+](Cc3ccccc3)CC2)c1. The lowest BCUT2D eigenvalue weighted by Crippen LogP contribution is -3.27. The Bertz CT molecular complexity index is 683. The average Bonchev–Trinajstić information content (AvgIpc) is 2.64. The molecule has 0 aromatic heterocycles. The van der Waals surface area contributed by atoms with Crippen LogP contribution in [0.25, 0.3) is 0 Å². The van der Waals surface area contributed by atoms with Gasteiger partial charge in [-0.05, 0) is 18.2 Å². The molecule has 0 bridgehead atoms. The smallest absolute Gasteiger partial charge is 0.416 e. The number of piperazine rings is 1. The van der Waals surface area contributed by atoms with Crippen LogP contribution in [0.2, 0.25) is 0 Å². The molecular weight excluding hydrogens is 341 g/mol. The lowest BCUT2D eigenvalue weighted by Gasteiger charge is -2.29. The number of nitrogens with one attached hydrogen (secondary N) is 2. The van der Waals surface area contributed by atoms with E-state index in [1.165, 1.54) is 16.5 Å². The van der Waals surface area contributed by atoms with Gasteiger partial charge in [-0.2, -0.15) is 13.2 Å². The summed E-state index contributed by atoms with van der Waals surface area (Å²) in [6.07, 6.45) is -4.33. The van der Waals surface area contributed by atoms with Crippen molar-refractivity contribution in [3.8, 4) is 5.75 Å². The van der Waals surface area contributed by atoms with Gasteiger partial charge in [0, 0.05) is 5.56 Å². The molecule has 3 nitrogen and oxygen atoms in total. The molecule has 0 atom stereocenters. The molecule has 0 saturated carbocycles. The number of hydrogen-bond donors (Lipinski definition) is 2. The van der Waals surface area contributed by atoms with E-state index in [4.69, 9.17) is 4.74 Å². The lowest BCUT2D eigenvalue weighted by molar-refractivity contribution is -1.02. The van der Waals surface area contributed by atoms with Gasteiger partial charge in [0.15, 0.2) is 0 Å². The highest BCUT2D eigenvalue weighted by Crippen LogP contribution is 2.31. The van der Waals surface area contributed by atoms with E-state index >= 15 is 0 Å².